The van der Waals surface area contributed by atoms with E-state index in [1.54, 1.807) is 24.3 Å². The SMILES string of the molecule is CCC(N)(CC)CNC(=O)c1ccc(C(=O)NCC(C)(C)C)cc1. The maximum absolute atomic E-state index is 12.2. The number of rotatable bonds is 7. The molecule has 0 fully saturated rings. The first-order valence-electron chi connectivity index (χ1n) is 8.55. The zero-order chi connectivity index (χ0) is 18.4. The second kappa shape index (κ2) is 8.29. The average molecular weight is 333 g/mol. The van der Waals surface area contributed by atoms with Crippen LogP contribution in [0.15, 0.2) is 24.3 Å². The third kappa shape index (κ3) is 6.32. The molecule has 0 spiro atoms. The van der Waals surface area contributed by atoms with Crippen LogP contribution in [-0.4, -0.2) is 30.4 Å². The minimum atomic E-state index is -0.373. The van der Waals surface area contributed by atoms with Crippen molar-refractivity contribution < 1.29 is 9.59 Å². The molecule has 0 aliphatic carbocycles. The van der Waals surface area contributed by atoms with Crippen molar-refractivity contribution >= 4 is 11.8 Å². The van der Waals surface area contributed by atoms with E-state index in [0.717, 1.165) is 12.8 Å². The summed E-state index contributed by atoms with van der Waals surface area (Å²) in [6.07, 6.45) is 1.60. The fourth-order valence-corrected chi connectivity index (χ4v) is 2.08. The highest BCUT2D eigenvalue weighted by atomic mass is 16.2. The van der Waals surface area contributed by atoms with E-state index in [4.69, 9.17) is 5.73 Å². The minimum absolute atomic E-state index is 0.0305. The van der Waals surface area contributed by atoms with Crippen molar-refractivity contribution in [2.45, 2.75) is 53.0 Å². The van der Waals surface area contributed by atoms with Crippen LogP contribution < -0.4 is 16.4 Å². The van der Waals surface area contributed by atoms with Crippen LogP contribution in [0.3, 0.4) is 0 Å². The van der Waals surface area contributed by atoms with Gasteiger partial charge in [0.05, 0.1) is 0 Å². The topological polar surface area (TPSA) is 84.2 Å². The molecule has 0 aliphatic rings. The third-order valence-corrected chi connectivity index (χ3v) is 4.20. The van der Waals surface area contributed by atoms with Crippen molar-refractivity contribution in [2.24, 2.45) is 11.1 Å². The normalized spacial score (nSPS) is 11.9. The quantitative estimate of drug-likeness (QED) is 0.717. The molecule has 0 aliphatic heterocycles. The molecular formula is C19H31N3O2. The first-order valence-corrected chi connectivity index (χ1v) is 8.55. The van der Waals surface area contributed by atoms with Gasteiger partial charge in [0.1, 0.15) is 0 Å². The Kier molecular flexibility index (Phi) is 6.96. The molecule has 0 heterocycles. The molecule has 0 saturated heterocycles. The molecule has 0 radical (unpaired) electrons. The van der Waals surface area contributed by atoms with Gasteiger partial charge in [0.15, 0.2) is 0 Å². The van der Waals surface area contributed by atoms with Gasteiger partial charge in [-0.25, -0.2) is 0 Å². The summed E-state index contributed by atoms with van der Waals surface area (Å²) in [5.41, 5.74) is 6.92. The second-order valence-electron chi connectivity index (χ2n) is 7.57. The summed E-state index contributed by atoms with van der Waals surface area (Å²) in [5.74, 6) is -0.303. The Hall–Kier alpha value is -1.88. The van der Waals surface area contributed by atoms with Gasteiger partial charge in [-0.2, -0.15) is 0 Å². The van der Waals surface area contributed by atoms with Gasteiger partial charge in [0.25, 0.3) is 11.8 Å². The molecule has 4 N–H and O–H groups in total. The minimum Gasteiger partial charge on any atom is -0.352 e. The summed E-state index contributed by atoms with van der Waals surface area (Å²) in [5, 5.41) is 5.76. The van der Waals surface area contributed by atoms with Crippen LogP contribution in [0.5, 0.6) is 0 Å². The van der Waals surface area contributed by atoms with Crippen molar-refractivity contribution in [2.75, 3.05) is 13.1 Å². The van der Waals surface area contributed by atoms with Crippen LogP contribution in [0.25, 0.3) is 0 Å². The summed E-state index contributed by atoms with van der Waals surface area (Å²) in [7, 11) is 0. The summed E-state index contributed by atoms with van der Waals surface area (Å²) in [4.78, 5) is 24.3. The van der Waals surface area contributed by atoms with Gasteiger partial charge in [-0.1, -0.05) is 34.6 Å². The number of carbonyl (C=O) groups is 2. The van der Waals surface area contributed by atoms with E-state index >= 15 is 0 Å². The van der Waals surface area contributed by atoms with Gasteiger partial charge in [-0.05, 0) is 42.5 Å². The van der Waals surface area contributed by atoms with Gasteiger partial charge in [-0.15, -0.1) is 0 Å². The molecule has 0 unspecified atom stereocenters. The Balaban J connectivity index is 2.63. The first kappa shape index (κ1) is 20.2. The zero-order valence-corrected chi connectivity index (χ0v) is 15.5. The second-order valence-corrected chi connectivity index (χ2v) is 7.57. The smallest absolute Gasteiger partial charge is 0.251 e. The predicted octanol–water partition coefficient (Wildman–Crippen LogP) is 2.71. The summed E-state index contributed by atoms with van der Waals surface area (Å²) >= 11 is 0. The van der Waals surface area contributed by atoms with Gasteiger partial charge in [0, 0.05) is 29.8 Å². The molecule has 0 bridgehead atoms. The lowest BCUT2D eigenvalue weighted by Gasteiger charge is -2.26. The Labute approximate surface area is 145 Å². The number of hydrogen-bond donors (Lipinski definition) is 3. The monoisotopic (exact) mass is 333 g/mol. The Morgan fingerprint density at radius 1 is 0.875 bits per heavy atom. The highest BCUT2D eigenvalue weighted by molar-refractivity contribution is 5.97. The predicted molar refractivity (Wildman–Crippen MR) is 98.1 cm³/mol. The molecule has 5 heteroatoms. The fraction of sp³-hybridized carbons (Fsp3) is 0.579. The maximum atomic E-state index is 12.2. The van der Waals surface area contributed by atoms with E-state index in [2.05, 4.69) is 31.4 Å². The van der Waals surface area contributed by atoms with Crippen LogP contribution in [0.2, 0.25) is 0 Å². The average Bonchev–Trinajstić information content (AvgIpc) is 2.56. The summed E-state index contributed by atoms with van der Waals surface area (Å²) < 4.78 is 0. The lowest BCUT2D eigenvalue weighted by Crippen LogP contribution is -2.49. The number of nitrogens with two attached hydrogens (primary N) is 1. The highest BCUT2D eigenvalue weighted by Crippen LogP contribution is 2.12. The fourth-order valence-electron chi connectivity index (χ4n) is 2.08. The van der Waals surface area contributed by atoms with E-state index in [1.807, 2.05) is 13.8 Å². The number of amides is 2. The highest BCUT2D eigenvalue weighted by Gasteiger charge is 2.21. The van der Waals surface area contributed by atoms with Gasteiger partial charge < -0.3 is 16.4 Å². The maximum Gasteiger partial charge on any atom is 0.251 e. The molecule has 24 heavy (non-hydrogen) atoms. The lowest BCUT2D eigenvalue weighted by atomic mass is 9.94. The van der Waals surface area contributed by atoms with Crippen LogP contribution in [0, 0.1) is 5.41 Å². The van der Waals surface area contributed by atoms with Gasteiger partial charge >= 0.3 is 0 Å². The van der Waals surface area contributed by atoms with Crippen LogP contribution >= 0.6 is 0 Å². The van der Waals surface area contributed by atoms with Crippen LogP contribution in [0.1, 0.15) is 68.2 Å². The van der Waals surface area contributed by atoms with Crippen molar-refractivity contribution in [1.82, 2.24) is 10.6 Å². The molecule has 2 amide bonds. The molecule has 0 atom stereocenters. The van der Waals surface area contributed by atoms with Crippen LogP contribution in [0.4, 0.5) is 0 Å². The summed E-state index contributed by atoms with van der Waals surface area (Å²) in [6.45, 7) is 11.2. The van der Waals surface area contributed by atoms with Gasteiger partial charge in [-0.3, -0.25) is 9.59 Å². The molecule has 1 aromatic rings. The number of benzene rings is 1. The number of carbonyl (C=O) groups excluding carboxylic acids is 2. The van der Waals surface area contributed by atoms with E-state index in [0.29, 0.717) is 24.2 Å². The Morgan fingerprint density at radius 3 is 1.58 bits per heavy atom. The largest absolute Gasteiger partial charge is 0.352 e. The van der Waals surface area contributed by atoms with Gasteiger partial charge in [0.2, 0.25) is 0 Å². The van der Waals surface area contributed by atoms with Crippen molar-refractivity contribution in [3.63, 3.8) is 0 Å². The molecule has 134 valence electrons. The molecule has 1 rings (SSSR count). The van der Waals surface area contributed by atoms with Crippen molar-refractivity contribution in [3.05, 3.63) is 35.4 Å². The lowest BCUT2D eigenvalue weighted by molar-refractivity contribution is 0.0929. The number of nitrogens with one attached hydrogen (secondary N) is 2. The van der Waals surface area contributed by atoms with E-state index in [9.17, 15) is 9.59 Å². The molecule has 0 aromatic heterocycles. The Morgan fingerprint density at radius 2 is 1.25 bits per heavy atom. The molecule has 5 nitrogen and oxygen atoms in total. The molecular weight excluding hydrogens is 302 g/mol. The molecule has 1 aromatic carbocycles. The van der Waals surface area contributed by atoms with Crippen molar-refractivity contribution in [3.8, 4) is 0 Å². The van der Waals surface area contributed by atoms with E-state index in [1.165, 1.54) is 0 Å². The van der Waals surface area contributed by atoms with E-state index < -0.39 is 0 Å². The number of hydrogen-bond acceptors (Lipinski definition) is 3. The third-order valence-electron chi connectivity index (χ3n) is 4.20. The van der Waals surface area contributed by atoms with Crippen LogP contribution in [-0.2, 0) is 0 Å². The standard InChI is InChI=1S/C19H31N3O2/c1-6-19(20,7-2)13-22-17(24)15-10-8-14(9-11-15)16(23)21-12-18(3,4)5/h8-11H,6-7,12-13,20H2,1-5H3,(H,21,23)(H,22,24). The van der Waals surface area contributed by atoms with E-state index in [-0.39, 0.29) is 22.8 Å². The zero-order valence-electron chi connectivity index (χ0n) is 15.5. The van der Waals surface area contributed by atoms with Crippen molar-refractivity contribution in [1.29, 1.82) is 0 Å². The molecule has 0 saturated carbocycles. The summed E-state index contributed by atoms with van der Waals surface area (Å²) in [6, 6.07) is 6.67. The Bertz CT molecular complexity index is 555. The first-order chi connectivity index (χ1) is 11.1.